The second-order valence-corrected chi connectivity index (χ2v) is 13.1. The Morgan fingerprint density at radius 1 is 0.864 bits per heavy atom. The van der Waals surface area contributed by atoms with Crippen molar-refractivity contribution in [3.63, 3.8) is 0 Å². The van der Waals surface area contributed by atoms with Gasteiger partial charge in [0.05, 0.1) is 31.3 Å². The summed E-state index contributed by atoms with van der Waals surface area (Å²) in [4.78, 5) is 4.94. The molecule has 22 heavy (non-hydrogen) atoms. The molecule has 0 saturated heterocycles. The Labute approximate surface area is 137 Å². The molecule has 0 fully saturated rings. The zero-order chi connectivity index (χ0) is 15.6. The zero-order valence-corrected chi connectivity index (χ0v) is 15.1. The molecule has 112 valence electrons. The Morgan fingerprint density at radius 3 is 1.95 bits per heavy atom. The molecule has 2 nitrogen and oxygen atoms in total. The smallest absolute Gasteiger partial charge is 0.172 e. The first-order valence-corrected chi connectivity index (χ1v) is 12.0. The highest BCUT2D eigenvalue weighted by Gasteiger charge is 2.28. The zero-order valence-electron chi connectivity index (χ0n) is 13.3. The summed E-state index contributed by atoms with van der Waals surface area (Å²) < 4.78 is 2.38. The van der Waals surface area contributed by atoms with Gasteiger partial charge in [-0.15, -0.1) is 0 Å². The lowest BCUT2D eigenvalue weighted by Crippen LogP contribution is -2.44. The number of benzene rings is 2. The Morgan fingerprint density at radius 2 is 1.41 bits per heavy atom. The Balaban J connectivity index is 2.09. The summed E-state index contributed by atoms with van der Waals surface area (Å²) in [5, 5.41) is 1.10. The summed E-state index contributed by atoms with van der Waals surface area (Å²) in [5.41, 5.74) is 2.39. The van der Waals surface area contributed by atoms with Gasteiger partial charge in [0.15, 0.2) is 0 Å². The van der Waals surface area contributed by atoms with E-state index >= 15 is 0 Å². The molecule has 0 bridgehead atoms. The minimum Gasteiger partial charge on any atom is -0.172 e. The molecule has 1 aromatic heterocycles. The van der Waals surface area contributed by atoms with Crippen LogP contribution in [0.15, 0.2) is 60.7 Å². The minimum atomic E-state index is -1.22. The van der Waals surface area contributed by atoms with Crippen LogP contribution in [0.3, 0.4) is 0 Å². The number of hydrogen-bond donors (Lipinski definition) is 0. The van der Waals surface area contributed by atoms with E-state index in [1.54, 1.807) is 11.5 Å². The fourth-order valence-electron chi connectivity index (χ4n) is 2.35. The van der Waals surface area contributed by atoms with Gasteiger partial charge in [-0.2, -0.15) is 3.96 Å². The maximum atomic E-state index is 4.94. The Bertz CT molecular complexity index is 746. The molecule has 0 unspecified atom stereocenters. The van der Waals surface area contributed by atoms with Crippen molar-refractivity contribution < 1.29 is 3.96 Å². The average Bonchev–Trinajstić information content (AvgIpc) is 2.91. The summed E-state index contributed by atoms with van der Waals surface area (Å²) >= 11 is 1.77. The van der Waals surface area contributed by atoms with Crippen LogP contribution in [0.1, 0.15) is 0 Å². The van der Waals surface area contributed by atoms with Crippen LogP contribution in [-0.4, -0.2) is 13.1 Å². The van der Waals surface area contributed by atoms with Gasteiger partial charge in [0.1, 0.15) is 0 Å². The molecule has 0 aliphatic carbocycles. The van der Waals surface area contributed by atoms with Crippen LogP contribution in [-0.2, 0) is 6.17 Å². The third-order valence-corrected chi connectivity index (χ3v) is 5.83. The Hall–Kier alpha value is -1.78. The third-order valence-electron chi connectivity index (χ3n) is 3.31. The summed E-state index contributed by atoms with van der Waals surface area (Å²) in [7, 11) is -1.22. The molecule has 3 rings (SSSR count). The monoisotopic (exact) mass is 325 g/mol. The van der Waals surface area contributed by atoms with Gasteiger partial charge in [-0.25, -0.2) is 0 Å². The van der Waals surface area contributed by atoms with Gasteiger partial charge in [0, 0.05) is 5.56 Å². The lowest BCUT2D eigenvalue weighted by atomic mass is 10.2. The highest BCUT2D eigenvalue weighted by molar-refractivity contribution is 7.05. The summed E-state index contributed by atoms with van der Waals surface area (Å²) in [6, 6.07) is 20.9. The maximum Gasteiger partial charge on any atom is 0.343 e. The van der Waals surface area contributed by atoms with E-state index in [0.29, 0.717) is 0 Å². The van der Waals surface area contributed by atoms with Crippen molar-refractivity contribution in [2.75, 3.05) is 0 Å². The lowest BCUT2D eigenvalue weighted by molar-refractivity contribution is -0.601. The lowest BCUT2D eigenvalue weighted by Gasteiger charge is -2.11. The third kappa shape index (κ3) is 3.51. The topological polar surface area (TPSA) is 16.8 Å². The van der Waals surface area contributed by atoms with E-state index < -0.39 is 8.07 Å². The quantitative estimate of drug-likeness (QED) is 0.504. The van der Waals surface area contributed by atoms with Gasteiger partial charge in [0.25, 0.3) is 5.01 Å². The summed E-state index contributed by atoms with van der Waals surface area (Å²) in [6.07, 6.45) is 1.10. The molecule has 0 radical (unpaired) electrons. The molecule has 3 aromatic rings. The van der Waals surface area contributed by atoms with Gasteiger partial charge in [-0.05, 0) is 29.2 Å². The van der Waals surface area contributed by atoms with Crippen LogP contribution < -0.4 is 3.96 Å². The fourth-order valence-corrected chi connectivity index (χ4v) is 5.59. The second kappa shape index (κ2) is 6.14. The molecule has 0 saturated carbocycles. The van der Waals surface area contributed by atoms with Gasteiger partial charge in [-0.3, -0.25) is 0 Å². The van der Waals surface area contributed by atoms with Crippen molar-refractivity contribution in [2.24, 2.45) is 0 Å². The summed E-state index contributed by atoms with van der Waals surface area (Å²) in [5.74, 6) is 1.09. The van der Waals surface area contributed by atoms with Crippen LogP contribution >= 0.6 is 11.5 Å². The normalized spacial score (nSPS) is 11.6. The first-order valence-electron chi connectivity index (χ1n) is 7.55. The first kappa shape index (κ1) is 15.1. The van der Waals surface area contributed by atoms with E-state index in [1.807, 2.05) is 6.07 Å². The van der Waals surface area contributed by atoms with E-state index in [-0.39, 0.29) is 0 Å². The Kier molecular flexibility index (Phi) is 4.22. The molecule has 0 amide bonds. The first-order chi connectivity index (χ1) is 10.5. The number of nitrogens with zero attached hydrogens (tertiary/aromatic N) is 2. The molecule has 0 aliphatic rings. The molecule has 0 aliphatic heterocycles. The molecule has 0 atom stereocenters. The van der Waals surface area contributed by atoms with Gasteiger partial charge < -0.3 is 0 Å². The molecule has 0 spiro atoms. The van der Waals surface area contributed by atoms with Crippen molar-refractivity contribution >= 4 is 19.6 Å². The van der Waals surface area contributed by atoms with E-state index in [4.69, 9.17) is 4.98 Å². The van der Waals surface area contributed by atoms with Crippen molar-refractivity contribution in [3.8, 4) is 22.0 Å². The molecule has 0 N–H and O–H groups in total. The van der Waals surface area contributed by atoms with Crippen LogP contribution in [0.4, 0.5) is 0 Å². The number of aromatic nitrogens is 2. The van der Waals surface area contributed by atoms with Crippen molar-refractivity contribution in [2.45, 2.75) is 25.8 Å². The highest BCUT2D eigenvalue weighted by atomic mass is 32.1. The van der Waals surface area contributed by atoms with Gasteiger partial charge in [-0.1, -0.05) is 56.0 Å². The maximum absolute atomic E-state index is 4.94. The fraction of sp³-hybridized carbons (Fsp3) is 0.222. The molecule has 2 aromatic carbocycles. The summed E-state index contributed by atoms with van der Waals surface area (Å²) in [6.45, 7) is 7.20. The standard InChI is InChI=1S/C18H21N2SSi/c1-22(2,3)14-20-17(15-10-6-4-7-11-15)19-18(21-20)16-12-8-5-9-13-16/h4-13H,14H2,1-3H3/q+1. The minimum absolute atomic E-state index is 1.09. The van der Waals surface area contributed by atoms with Crippen molar-refractivity contribution in [1.29, 1.82) is 0 Å². The van der Waals surface area contributed by atoms with Crippen LogP contribution in [0.25, 0.3) is 22.0 Å². The van der Waals surface area contributed by atoms with Gasteiger partial charge in [0.2, 0.25) is 0 Å². The predicted octanol–water partition coefficient (Wildman–Crippen LogP) is 4.64. The van der Waals surface area contributed by atoms with Crippen molar-refractivity contribution in [1.82, 2.24) is 4.98 Å². The number of rotatable bonds is 4. The van der Waals surface area contributed by atoms with Gasteiger partial charge >= 0.3 is 5.82 Å². The van der Waals surface area contributed by atoms with Crippen LogP contribution in [0.5, 0.6) is 0 Å². The SMILES string of the molecule is C[Si](C)(C)C[n+]1sc(-c2ccccc2)nc1-c1ccccc1. The highest BCUT2D eigenvalue weighted by Crippen LogP contribution is 2.25. The predicted molar refractivity (Wildman–Crippen MR) is 96.5 cm³/mol. The van der Waals surface area contributed by atoms with Crippen LogP contribution in [0.2, 0.25) is 19.6 Å². The average molecular weight is 326 g/mol. The molecule has 4 heteroatoms. The van der Waals surface area contributed by atoms with E-state index in [0.717, 1.165) is 17.0 Å². The largest absolute Gasteiger partial charge is 0.343 e. The van der Waals surface area contributed by atoms with E-state index in [2.05, 4.69) is 78.2 Å². The van der Waals surface area contributed by atoms with Crippen LogP contribution in [0, 0.1) is 0 Å². The number of hydrogen-bond acceptors (Lipinski definition) is 2. The van der Waals surface area contributed by atoms with E-state index in [9.17, 15) is 0 Å². The molecule has 1 heterocycles. The van der Waals surface area contributed by atoms with E-state index in [1.165, 1.54) is 11.1 Å². The molecular weight excluding hydrogens is 304 g/mol. The molecular formula is C18H21N2SSi+. The van der Waals surface area contributed by atoms with Crippen molar-refractivity contribution in [3.05, 3.63) is 60.7 Å². The second-order valence-electron chi connectivity index (χ2n) is 6.66.